The molecule has 1 heterocycles. The Hall–Kier alpha value is -2.18. The number of aryl methyl sites for hydroxylation is 1. The monoisotopic (exact) mass is 318 g/mol. The summed E-state index contributed by atoms with van der Waals surface area (Å²) in [5.74, 6) is 0.387. The Morgan fingerprint density at radius 1 is 1.50 bits per heavy atom. The molecule has 1 aromatic heterocycles. The van der Waals surface area contributed by atoms with E-state index in [1.165, 1.54) is 17.4 Å². The van der Waals surface area contributed by atoms with Gasteiger partial charge in [-0.05, 0) is 38.1 Å². The van der Waals surface area contributed by atoms with E-state index in [1.807, 2.05) is 13.8 Å². The first-order chi connectivity index (χ1) is 10.6. The van der Waals surface area contributed by atoms with Gasteiger partial charge >= 0.3 is 0 Å². The number of anilines is 1. The molecule has 0 aliphatic rings. The van der Waals surface area contributed by atoms with E-state index >= 15 is 0 Å². The molecule has 6 heteroatoms. The molecule has 0 bridgehead atoms. The molecule has 2 N–H and O–H groups in total. The zero-order chi connectivity index (χ0) is 15.9. The average Bonchev–Trinajstić information content (AvgIpc) is 2.92. The van der Waals surface area contributed by atoms with Crippen molar-refractivity contribution in [2.45, 2.75) is 20.5 Å². The second-order valence-corrected chi connectivity index (χ2v) is 5.78. The highest BCUT2D eigenvalue weighted by atomic mass is 32.1. The topological polar surface area (TPSA) is 71.5 Å². The zero-order valence-electron chi connectivity index (χ0n) is 12.5. The highest BCUT2D eigenvalue weighted by molar-refractivity contribution is 7.12. The van der Waals surface area contributed by atoms with E-state index in [9.17, 15) is 9.90 Å². The normalized spacial score (nSPS) is 10.9. The summed E-state index contributed by atoms with van der Waals surface area (Å²) in [7, 11) is 0. The minimum absolute atomic E-state index is 0.144. The Kier molecular flexibility index (Phi) is 5.68. The van der Waals surface area contributed by atoms with Crippen LogP contribution in [-0.2, 0) is 11.4 Å². The number of aromatic nitrogens is 1. The number of hydrogen-bond donors (Lipinski definition) is 2. The lowest BCUT2D eigenvalue weighted by Gasteiger charge is -2.10. The van der Waals surface area contributed by atoms with Crippen molar-refractivity contribution < 1.29 is 14.6 Å². The molecule has 116 valence electrons. The van der Waals surface area contributed by atoms with Crippen molar-refractivity contribution >= 4 is 29.0 Å². The molecule has 0 unspecified atom stereocenters. The van der Waals surface area contributed by atoms with Crippen molar-refractivity contribution in [3.63, 3.8) is 0 Å². The van der Waals surface area contributed by atoms with Crippen LogP contribution in [0.5, 0.6) is 5.75 Å². The number of hydrogen-bond acceptors (Lipinski definition) is 5. The van der Waals surface area contributed by atoms with Gasteiger partial charge in [0.25, 0.3) is 0 Å². The average molecular weight is 318 g/mol. The molecule has 0 radical (unpaired) electrons. The number of carbonyl (C=O) groups excluding carboxylic acids is 1. The molecular weight excluding hydrogens is 300 g/mol. The number of amides is 1. The van der Waals surface area contributed by atoms with Crippen molar-refractivity contribution in [2.75, 3.05) is 11.9 Å². The second-order valence-electron chi connectivity index (χ2n) is 4.52. The van der Waals surface area contributed by atoms with E-state index in [-0.39, 0.29) is 12.5 Å². The summed E-state index contributed by atoms with van der Waals surface area (Å²) in [6.45, 7) is 4.17. The molecule has 22 heavy (non-hydrogen) atoms. The van der Waals surface area contributed by atoms with Gasteiger partial charge in [-0.2, -0.15) is 0 Å². The first kappa shape index (κ1) is 16.2. The summed E-state index contributed by atoms with van der Waals surface area (Å²) in [4.78, 5) is 16.9. The molecule has 0 aliphatic heterocycles. The number of carbonyl (C=O) groups is 1. The molecule has 0 spiro atoms. The van der Waals surface area contributed by atoms with Gasteiger partial charge in [0.2, 0.25) is 5.91 Å². The minimum Gasteiger partial charge on any atom is -0.494 e. The maximum Gasteiger partial charge on any atom is 0.248 e. The van der Waals surface area contributed by atoms with Crippen molar-refractivity contribution in [3.8, 4) is 5.75 Å². The number of aliphatic hydroxyl groups is 1. The van der Waals surface area contributed by atoms with Crippen LogP contribution in [0.1, 0.15) is 22.4 Å². The highest BCUT2D eigenvalue weighted by Crippen LogP contribution is 2.23. The Bertz CT molecular complexity index is 680. The first-order valence-electron chi connectivity index (χ1n) is 6.90. The predicted molar refractivity (Wildman–Crippen MR) is 88.0 cm³/mol. The van der Waals surface area contributed by atoms with Crippen molar-refractivity contribution in [1.29, 1.82) is 0 Å². The van der Waals surface area contributed by atoms with Crippen LogP contribution in [0.2, 0.25) is 0 Å². The van der Waals surface area contributed by atoms with Crippen LogP contribution in [0.3, 0.4) is 0 Å². The standard InChI is InChI=1S/C16H18N2O3S/c1-3-21-15-6-4-13(8-12(15)10-19)18-16(20)7-5-14-9-17-11(2)22-14/h4-9,19H,3,10H2,1-2H3,(H,18,20). The third-order valence-electron chi connectivity index (χ3n) is 2.84. The summed E-state index contributed by atoms with van der Waals surface area (Å²) in [6, 6.07) is 5.18. The summed E-state index contributed by atoms with van der Waals surface area (Å²) in [6.07, 6.45) is 4.91. The van der Waals surface area contributed by atoms with Crippen LogP contribution in [-0.4, -0.2) is 22.6 Å². The van der Waals surface area contributed by atoms with Crippen LogP contribution >= 0.6 is 11.3 Å². The smallest absolute Gasteiger partial charge is 0.248 e. The molecule has 0 saturated heterocycles. The van der Waals surface area contributed by atoms with E-state index in [0.717, 1.165) is 9.88 Å². The molecule has 0 atom stereocenters. The second kappa shape index (κ2) is 7.72. The number of benzene rings is 1. The van der Waals surface area contributed by atoms with Gasteiger partial charge in [-0.1, -0.05) is 0 Å². The lowest BCUT2D eigenvalue weighted by molar-refractivity contribution is -0.111. The van der Waals surface area contributed by atoms with E-state index in [1.54, 1.807) is 30.5 Å². The number of nitrogens with one attached hydrogen (secondary N) is 1. The predicted octanol–water partition coefficient (Wildman–Crippen LogP) is 2.99. The number of rotatable bonds is 6. The van der Waals surface area contributed by atoms with Gasteiger partial charge in [0.15, 0.2) is 0 Å². The van der Waals surface area contributed by atoms with Crippen LogP contribution in [0.15, 0.2) is 30.5 Å². The summed E-state index contributed by atoms with van der Waals surface area (Å²) < 4.78 is 5.40. The van der Waals surface area contributed by atoms with E-state index in [4.69, 9.17) is 4.74 Å². The molecule has 0 aliphatic carbocycles. The fourth-order valence-electron chi connectivity index (χ4n) is 1.87. The Labute approximate surface area is 133 Å². The number of nitrogens with zero attached hydrogens (tertiary/aromatic N) is 1. The SMILES string of the molecule is CCOc1ccc(NC(=O)C=Cc2cnc(C)s2)cc1CO. The zero-order valence-corrected chi connectivity index (χ0v) is 13.3. The first-order valence-corrected chi connectivity index (χ1v) is 7.72. The number of ether oxygens (including phenoxy) is 1. The highest BCUT2D eigenvalue weighted by Gasteiger charge is 2.05. The lowest BCUT2D eigenvalue weighted by atomic mass is 10.2. The van der Waals surface area contributed by atoms with Gasteiger partial charge in [0, 0.05) is 28.4 Å². The van der Waals surface area contributed by atoms with E-state index in [2.05, 4.69) is 10.3 Å². The van der Waals surface area contributed by atoms with Crippen LogP contribution < -0.4 is 10.1 Å². The molecule has 5 nitrogen and oxygen atoms in total. The van der Waals surface area contributed by atoms with Gasteiger partial charge in [-0.15, -0.1) is 11.3 Å². The molecule has 2 aromatic rings. The third-order valence-corrected chi connectivity index (χ3v) is 3.71. The van der Waals surface area contributed by atoms with Crippen molar-refractivity contribution in [2.24, 2.45) is 0 Å². The van der Waals surface area contributed by atoms with E-state index < -0.39 is 0 Å². The quantitative estimate of drug-likeness (QED) is 0.803. The van der Waals surface area contributed by atoms with E-state index in [0.29, 0.717) is 23.6 Å². The molecule has 0 saturated carbocycles. The lowest BCUT2D eigenvalue weighted by Crippen LogP contribution is -2.08. The molecule has 1 amide bonds. The maximum atomic E-state index is 11.9. The molecule has 1 aromatic carbocycles. The molecule has 0 fully saturated rings. The minimum atomic E-state index is -0.237. The van der Waals surface area contributed by atoms with Crippen molar-refractivity contribution in [3.05, 3.63) is 45.9 Å². The van der Waals surface area contributed by atoms with Gasteiger partial charge in [-0.3, -0.25) is 4.79 Å². The van der Waals surface area contributed by atoms with Crippen LogP contribution in [0.4, 0.5) is 5.69 Å². The van der Waals surface area contributed by atoms with Crippen LogP contribution in [0.25, 0.3) is 6.08 Å². The van der Waals surface area contributed by atoms with Gasteiger partial charge in [0.05, 0.1) is 18.2 Å². The number of thiazole rings is 1. The van der Waals surface area contributed by atoms with Crippen LogP contribution in [0, 0.1) is 6.92 Å². The summed E-state index contributed by atoms with van der Waals surface area (Å²) in [5, 5.41) is 13.1. The molecular formula is C16H18N2O3S. The van der Waals surface area contributed by atoms with Crippen molar-refractivity contribution in [1.82, 2.24) is 4.98 Å². The van der Waals surface area contributed by atoms with Gasteiger partial charge in [0.1, 0.15) is 5.75 Å². The fourth-order valence-corrected chi connectivity index (χ4v) is 2.56. The van der Waals surface area contributed by atoms with Gasteiger partial charge in [-0.25, -0.2) is 4.98 Å². The largest absolute Gasteiger partial charge is 0.494 e. The summed E-state index contributed by atoms with van der Waals surface area (Å²) in [5.41, 5.74) is 1.25. The summed E-state index contributed by atoms with van der Waals surface area (Å²) >= 11 is 1.52. The maximum absolute atomic E-state index is 11.9. The third kappa shape index (κ3) is 4.41. The molecule has 2 rings (SSSR count). The Balaban J connectivity index is 2.03. The fraction of sp³-hybridized carbons (Fsp3) is 0.250. The number of aliphatic hydroxyl groups excluding tert-OH is 1. The Morgan fingerprint density at radius 2 is 2.32 bits per heavy atom. The van der Waals surface area contributed by atoms with Gasteiger partial charge < -0.3 is 15.2 Å². The Morgan fingerprint density at radius 3 is 2.95 bits per heavy atom.